The Morgan fingerprint density at radius 1 is 1.24 bits per heavy atom. The molecule has 2 aromatic carbocycles. The summed E-state index contributed by atoms with van der Waals surface area (Å²) in [5.74, 6) is -1.04. The summed E-state index contributed by atoms with van der Waals surface area (Å²) in [6, 6.07) is 9.80. The van der Waals surface area contributed by atoms with Gasteiger partial charge in [-0.05, 0) is 49.1 Å². The van der Waals surface area contributed by atoms with Crippen LogP contribution in [0.25, 0.3) is 0 Å². The van der Waals surface area contributed by atoms with E-state index in [-0.39, 0.29) is 17.2 Å². The Morgan fingerprint density at radius 3 is 2.55 bits per heavy atom. The number of phenolic OH excluding ortho intramolecular Hbond substituents is 1. The molecule has 0 saturated carbocycles. The lowest BCUT2D eigenvalue weighted by Crippen LogP contribution is -2.29. The first-order chi connectivity index (χ1) is 13.5. The molecule has 0 radical (unpaired) electrons. The minimum Gasteiger partial charge on any atom is -0.506 e. The summed E-state index contributed by atoms with van der Waals surface area (Å²) in [6.07, 6.45) is 0.307. The van der Waals surface area contributed by atoms with Gasteiger partial charge in [0.25, 0.3) is 5.91 Å². The third-order valence-corrected chi connectivity index (χ3v) is 7.19. The Labute approximate surface area is 169 Å². The molecule has 11 heteroatoms. The van der Waals surface area contributed by atoms with Gasteiger partial charge < -0.3 is 5.11 Å². The molecule has 29 heavy (non-hydrogen) atoms. The van der Waals surface area contributed by atoms with E-state index >= 15 is 0 Å². The van der Waals surface area contributed by atoms with Crippen LogP contribution in [0.3, 0.4) is 0 Å². The number of benzene rings is 2. The van der Waals surface area contributed by atoms with E-state index in [1.807, 2.05) is 4.72 Å². The lowest BCUT2D eigenvalue weighted by molar-refractivity contribution is -0.117. The number of carbonyl (C=O) groups excluding carboxylic acids is 1. The zero-order chi connectivity index (χ0) is 21.4. The number of anilines is 2. The van der Waals surface area contributed by atoms with Crippen molar-refractivity contribution in [3.8, 4) is 5.75 Å². The number of nitrogens with one attached hydrogen (secondary N) is 2. The Balaban J connectivity index is 1.92. The van der Waals surface area contributed by atoms with Crippen molar-refractivity contribution < 1.29 is 26.7 Å². The summed E-state index contributed by atoms with van der Waals surface area (Å²) in [5, 5.41) is 10.3. The van der Waals surface area contributed by atoms with E-state index in [1.54, 1.807) is 38.1 Å². The van der Waals surface area contributed by atoms with Crippen molar-refractivity contribution in [2.75, 3.05) is 21.3 Å². The van der Waals surface area contributed by atoms with Crippen LogP contribution in [0.1, 0.15) is 23.6 Å². The normalized spacial score (nSPS) is 15.9. The highest BCUT2D eigenvalue weighted by Crippen LogP contribution is 2.33. The van der Waals surface area contributed by atoms with Gasteiger partial charge in [-0.25, -0.2) is 17.4 Å². The van der Waals surface area contributed by atoms with Crippen molar-refractivity contribution in [1.82, 2.24) is 4.72 Å². The van der Waals surface area contributed by atoms with Crippen LogP contribution >= 0.6 is 0 Å². The van der Waals surface area contributed by atoms with E-state index in [0.29, 0.717) is 23.2 Å². The van der Waals surface area contributed by atoms with Crippen LogP contribution in [-0.2, 0) is 31.4 Å². The minimum absolute atomic E-state index is 0.0109. The van der Waals surface area contributed by atoms with Crippen LogP contribution in [-0.4, -0.2) is 40.1 Å². The number of para-hydroxylation sites is 1. The molecule has 1 fully saturated rings. The molecule has 0 aromatic heterocycles. The Kier molecular flexibility index (Phi) is 5.46. The van der Waals surface area contributed by atoms with E-state index in [9.17, 15) is 26.7 Å². The van der Waals surface area contributed by atoms with Crippen LogP contribution in [0, 0.1) is 6.92 Å². The number of aryl methyl sites for hydroxylation is 1. The van der Waals surface area contributed by atoms with Crippen molar-refractivity contribution in [3.05, 3.63) is 53.1 Å². The number of carbonyl (C=O) groups is 1. The highest BCUT2D eigenvalue weighted by atomic mass is 32.2. The number of nitrogens with zero attached hydrogens (tertiary/aromatic N) is 1. The van der Waals surface area contributed by atoms with Gasteiger partial charge in [0.1, 0.15) is 12.3 Å². The summed E-state index contributed by atoms with van der Waals surface area (Å²) < 4.78 is 53.2. The SMILES string of the molecule is CCS(=O)(=O)Nc1c(C)cccc1Cc1ccc(N2CC(=O)NS2(=O)=O)c(O)c1. The molecule has 1 aliphatic rings. The van der Waals surface area contributed by atoms with Gasteiger partial charge in [-0.15, -0.1) is 0 Å². The highest BCUT2D eigenvalue weighted by molar-refractivity contribution is 7.92. The fraction of sp³-hybridized carbons (Fsp3) is 0.278. The Bertz CT molecular complexity index is 1180. The number of amides is 1. The van der Waals surface area contributed by atoms with Gasteiger partial charge in [-0.3, -0.25) is 9.52 Å². The topological polar surface area (TPSA) is 133 Å². The lowest BCUT2D eigenvalue weighted by Gasteiger charge is -2.18. The van der Waals surface area contributed by atoms with Gasteiger partial charge in [0.05, 0.1) is 17.1 Å². The first-order valence-electron chi connectivity index (χ1n) is 8.76. The van der Waals surface area contributed by atoms with Gasteiger partial charge in [0.2, 0.25) is 10.0 Å². The van der Waals surface area contributed by atoms with Crippen LogP contribution < -0.4 is 13.7 Å². The molecule has 1 amide bonds. The molecule has 9 nitrogen and oxygen atoms in total. The molecule has 156 valence electrons. The second-order valence-corrected chi connectivity index (χ2v) is 10.3. The molecule has 0 atom stereocenters. The summed E-state index contributed by atoms with van der Waals surface area (Å²) in [6.45, 7) is 2.93. The molecular weight excluding hydrogens is 418 g/mol. The predicted octanol–water partition coefficient (Wildman–Crippen LogP) is 1.23. The molecule has 3 N–H and O–H groups in total. The molecular formula is C18H21N3O6S2. The van der Waals surface area contributed by atoms with Gasteiger partial charge in [-0.1, -0.05) is 24.3 Å². The molecule has 0 aliphatic carbocycles. The first kappa shape index (κ1) is 20.9. The number of phenols is 1. The highest BCUT2D eigenvalue weighted by Gasteiger charge is 2.35. The standard InChI is InChI=1S/C18H21N3O6S2/c1-3-28(24,25)20-18-12(2)5-4-6-14(18)9-13-7-8-15(16(22)10-13)21-11-17(23)19-29(21,26)27/h4-8,10,20,22H,3,9,11H2,1-2H3,(H,19,23). The van der Waals surface area contributed by atoms with Crippen LogP contribution in [0.2, 0.25) is 0 Å². The van der Waals surface area contributed by atoms with Crippen molar-refractivity contribution in [3.63, 3.8) is 0 Å². The Hall–Kier alpha value is -2.79. The van der Waals surface area contributed by atoms with Crippen molar-refractivity contribution in [2.45, 2.75) is 20.3 Å². The second kappa shape index (κ2) is 7.56. The largest absolute Gasteiger partial charge is 0.506 e. The fourth-order valence-electron chi connectivity index (χ4n) is 3.02. The third kappa shape index (κ3) is 4.46. The number of hydrogen-bond acceptors (Lipinski definition) is 6. The van der Waals surface area contributed by atoms with Crippen molar-refractivity contribution >= 4 is 37.5 Å². The van der Waals surface area contributed by atoms with Crippen molar-refractivity contribution in [2.24, 2.45) is 0 Å². The van der Waals surface area contributed by atoms with Gasteiger partial charge in [0, 0.05) is 0 Å². The van der Waals surface area contributed by atoms with Crippen LogP contribution in [0.5, 0.6) is 5.75 Å². The van der Waals surface area contributed by atoms with Gasteiger partial charge in [-0.2, -0.15) is 8.42 Å². The lowest BCUT2D eigenvalue weighted by atomic mass is 10.0. The van der Waals surface area contributed by atoms with Crippen molar-refractivity contribution in [1.29, 1.82) is 0 Å². The zero-order valence-electron chi connectivity index (χ0n) is 15.8. The molecule has 3 rings (SSSR count). The quantitative estimate of drug-likeness (QED) is 0.620. The number of hydrogen-bond donors (Lipinski definition) is 3. The maximum absolute atomic E-state index is 12.0. The number of sulfonamides is 1. The summed E-state index contributed by atoms with van der Waals surface area (Å²) in [7, 11) is -7.49. The van der Waals surface area contributed by atoms with E-state index in [0.717, 1.165) is 9.87 Å². The second-order valence-electron chi connectivity index (χ2n) is 6.65. The molecule has 0 bridgehead atoms. The van der Waals surface area contributed by atoms with E-state index in [2.05, 4.69) is 4.72 Å². The average Bonchev–Trinajstić information content (AvgIpc) is 2.90. The summed E-state index contributed by atoms with van der Waals surface area (Å²) in [4.78, 5) is 11.4. The van der Waals surface area contributed by atoms with Gasteiger partial charge in [0.15, 0.2) is 0 Å². The maximum atomic E-state index is 12.0. The summed E-state index contributed by atoms with van der Waals surface area (Å²) >= 11 is 0. The summed E-state index contributed by atoms with van der Waals surface area (Å²) in [5.41, 5.74) is 2.58. The van der Waals surface area contributed by atoms with E-state index in [1.165, 1.54) is 12.1 Å². The van der Waals surface area contributed by atoms with E-state index < -0.39 is 32.7 Å². The Morgan fingerprint density at radius 2 is 1.97 bits per heavy atom. The van der Waals surface area contributed by atoms with Crippen LogP contribution in [0.4, 0.5) is 11.4 Å². The zero-order valence-corrected chi connectivity index (χ0v) is 17.5. The molecule has 1 saturated heterocycles. The minimum atomic E-state index is -4.02. The molecule has 0 unspecified atom stereocenters. The van der Waals surface area contributed by atoms with E-state index in [4.69, 9.17) is 0 Å². The molecule has 2 aromatic rings. The smallest absolute Gasteiger partial charge is 0.326 e. The fourth-order valence-corrected chi connectivity index (χ4v) is 4.93. The van der Waals surface area contributed by atoms with Gasteiger partial charge >= 0.3 is 10.2 Å². The van der Waals surface area contributed by atoms with Crippen LogP contribution in [0.15, 0.2) is 36.4 Å². The third-order valence-electron chi connectivity index (χ3n) is 4.52. The number of rotatable bonds is 6. The maximum Gasteiger partial charge on any atom is 0.326 e. The average molecular weight is 440 g/mol. The monoisotopic (exact) mass is 439 g/mol. The number of aromatic hydroxyl groups is 1. The first-order valence-corrected chi connectivity index (χ1v) is 11.9. The predicted molar refractivity (Wildman–Crippen MR) is 110 cm³/mol. The molecule has 1 heterocycles. The molecule has 0 spiro atoms. The molecule has 1 aliphatic heterocycles.